The second kappa shape index (κ2) is 5.71. The van der Waals surface area contributed by atoms with Crippen molar-refractivity contribution in [1.82, 2.24) is 4.98 Å². The van der Waals surface area contributed by atoms with Crippen molar-refractivity contribution in [2.24, 2.45) is 5.92 Å². The number of aromatic nitrogens is 1. The molecule has 5 heteroatoms. The number of nitrogens with zero attached hydrogens (tertiary/aromatic N) is 2. The number of pyridine rings is 1. The van der Waals surface area contributed by atoms with Gasteiger partial charge >= 0.3 is 5.97 Å². The van der Waals surface area contributed by atoms with Gasteiger partial charge in [-0.2, -0.15) is 0 Å². The number of carbonyl (C=O) groups excluding carboxylic acids is 1. The molecule has 18 heavy (non-hydrogen) atoms. The van der Waals surface area contributed by atoms with Crippen molar-refractivity contribution in [3.8, 4) is 0 Å². The van der Waals surface area contributed by atoms with E-state index in [0.29, 0.717) is 12.3 Å². The molecular weight excluding hydrogens is 230 g/mol. The predicted octanol–water partition coefficient (Wildman–Crippen LogP) is 1.44. The topological polar surface area (TPSA) is 68.5 Å². The first-order valence-electron chi connectivity index (χ1n) is 6.34. The van der Waals surface area contributed by atoms with Gasteiger partial charge < -0.3 is 15.4 Å². The predicted molar refractivity (Wildman–Crippen MR) is 70.2 cm³/mol. The summed E-state index contributed by atoms with van der Waals surface area (Å²) in [6, 6.07) is 3.76. The molecule has 1 aromatic rings. The van der Waals surface area contributed by atoms with E-state index in [9.17, 15) is 4.79 Å². The Bertz CT molecular complexity index is 397. The Morgan fingerprint density at radius 1 is 1.50 bits per heavy atom. The first-order chi connectivity index (χ1) is 8.70. The lowest BCUT2D eigenvalue weighted by Crippen LogP contribution is -2.37. The van der Waals surface area contributed by atoms with E-state index in [-0.39, 0.29) is 11.9 Å². The largest absolute Gasteiger partial charge is 0.466 e. The molecule has 2 heterocycles. The zero-order valence-electron chi connectivity index (χ0n) is 10.6. The van der Waals surface area contributed by atoms with Crippen molar-refractivity contribution >= 4 is 17.5 Å². The molecule has 1 aliphatic rings. The van der Waals surface area contributed by atoms with Crippen LogP contribution in [0.3, 0.4) is 0 Å². The molecule has 0 unspecified atom stereocenters. The first-order valence-corrected chi connectivity index (χ1v) is 6.34. The van der Waals surface area contributed by atoms with Crippen LogP contribution in [-0.2, 0) is 9.53 Å². The van der Waals surface area contributed by atoms with E-state index in [0.717, 1.165) is 31.7 Å². The van der Waals surface area contributed by atoms with Crippen LogP contribution in [-0.4, -0.2) is 30.6 Å². The van der Waals surface area contributed by atoms with Crippen molar-refractivity contribution < 1.29 is 9.53 Å². The van der Waals surface area contributed by atoms with E-state index in [1.807, 2.05) is 19.1 Å². The van der Waals surface area contributed by atoms with Gasteiger partial charge in [-0.05, 0) is 31.9 Å². The summed E-state index contributed by atoms with van der Waals surface area (Å²) in [6.45, 7) is 3.96. The van der Waals surface area contributed by atoms with E-state index >= 15 is 0 Å². The Morgan fingerprint density at radius 3 is 2.78 bits per heavy atom. The number of esters is 1. The number of nitrogens with two attached hydrogens (primary N) is 1. The summed E-state index contributed by atoms with van der Waals surface area (Å²) in [5, 5.41) is 0. The van der Waals surface area contributed by atoms with Crippen LogP contribution in [0, 0.1) is 5.92 Å². The summed E-state index contributed by atoms with van der Waals surface area (Å²) in [4.78, 5) is 18.1. The number of hydrogen-bond acceptors (Lipinski definition) is 5. The second-order valence-electron chi connectivity index (χ2n) is 4.46. The highest BCUT2D eigenvalue weighted by molar-refractivity contribution is 5.72. The molecule has 0 radical (unpaired) electrons. The minimum atomic E-state index is -0.0672. The molecule has 1 saturated heterocycles. The lowest BCUT2D eigenvalue weighted by Gasteiger charge is -2.31. The Balaban J connectivity index is 1.90. The molecule has 0 aromatic carbocycles. The quantitative estimate of drug-likeness (QED) is 0.821. The monoisotopic (exact) mass is 249 g/mol. The zero-order chi connectivity index (χ0) is 13.0. The fraction of sp³-hybridized carbons (Fsp3) is 0.538. The molecular formula is C13H19N3O2. The molecule has 0 bridgehead atoms. The van der Waals surface area contributed by atoms with E-state index in [1.54, 1.807) is 6.20 Å². The van der Waals surface area contributed by atoms with Gasteiger partial charge in [0.2, 0.25) is 0 Å². The number of piperidine rings is 1. The fourth-order valence-electron chi connectivity index (χ4n) is 2.19. The molecule has 1 aromatic heterocycles. The summed E-state index contributed by atoms with van der Waals surface area (Å²) >= 11 is 0. The second-order valence-corrected chi connectivity index (χ2v) is 4.46. The molecule has 2 rings (SSSR count). The molecule has 0 aliphatic carbocycles. The van der Waals surface area contributed by atoms with Crippen molar-refractivity contribution in [1.29, 1.82) is 0 Å². The Morgan fingerprint density at radius 2 is 2.22 bits per heavy atom. The van der Waals surface area contributed by atoms with Gasteiger partial charge in [0.1, 0.15) is 5.82 Å². The van der Waals surface area contributed by atoms with Gasteiger partial charge in [-0.3, -0.25) is 4.79 Å². The van der Waals surface area contributed by atoms with Crippen LogP contribution in [0.1, 0.15) is 19.8 Å². The molecule has 0 atom stereocenters. The third-order valence-electron chi connectivity index (χ3n) is 3.21. The van der Waals surface area contributed by atoms with E-state index in [4.69, 9.17) is 10.5 Å². The number of hydrogen-bond donors (Lipinski definition) is 1. The van der Waals surface area contributed by atoms with Crippen LogP contribution in [0.2, 0.25) is 0 Å². The molecule has 98 valence electrons. The van der Waals surface area contributed by atoms with Crippen LogP contribution in [0.4, 0.5) is 11.5 Å². The third kappa shape index (κ3) is 2.91. The summed E-state index contributed by atoms with van der Waals surface area (Å²) in [7, 11) is 0. The van der Waals surface area contributed by atoms with Gasteiger partial charge in [0.15, 0.2) is 0 Å². The van der Waals surface area contributed by atoms with Gasteiger partial charge in [0.05, 0.1) is 24.4 Å². The van der Waals surface area contributed by atoms with Gasteiger partial charge in [-0.25, -0.2) is 4.98 Å². The molecule has 0 saturated carbocycles. The first kappa shape index (κ1) is 12.7. The number of rotatable bonds is 3. The Labute approximate surface area is 107 Å². The minimum Gasteiger partial charge on any atom is -0.466 e. The van der Waals surface area contributed by atoms with Crippen LogP contribution >= 0.6 is 0 Å². The average molecular weight is 249 g/mol. The van der Waals surface area contributed by atoms with Gasteiger partial charge in [0.25, 0.3) is 0 Å². The number of anilines is 2. The van der Waals surface area contributed by atoms with Crippen molar-refractivity contribution in [2.75, 3.05) is 30.3 Å². The van der Waals surface area contributed by atoms with E-state index in [2.05, 4.69) is 9.88 Å². The number of ether oxygens (including phenoxy) is 1. The molecule has 1 fully saturated rings. The lowest BCUT2D eigenvalue weighted by atomic mass is 9.97. The number of carbonyl (C=O) groups is 1. The highest BCUT2D eigenvalue weighted by Crippen LogP contribution is 2.23. The summed E-state index contributed by atoms with van der Waals surface area (Å²) in [5.74, 6) is 0.893. The summed E-state index contributed by atoms with van der Waals surface area (Å²) < 4.78 is 5.05. The van der Waals surface area contributed by atoms with Crippen molar-refractivity contribution in [2.45, 2.75) is 19.8 Å². The maximum atomic E-state index is 11.6. The molecule has 5 nitrogen and oxygen atoms in total. The molecule has 1 aliphatic heterocycles. The fourth-order valence-corrected chi connectivity index (χ4v) is 2.19. The average Bonchev–Trinajstić information content (AvgIpc) is 2.40. The van der Waals surface area contributed by atoms with Crippen LogP contribution in [0.25, 0.3) is 0 Å². The van der Waals surface area contributed by atoms with Crippen molar-refractivity contribution in [3.05, 3.63) is 18.3 Å². The summed E-state index contributed by atoms with van der Waals surface area (Å²) in [5.41, 5.74) is 6.28. The molecule has 2 N–H and O–H groups in total. The Hall–Kier alpha value is -1.78. The lowest BCUT2D eigenvalue weighted by molar-refractivity contribution is -0.148. The summed E-state index contributed by atoms with van der Waals surface area (Å²) in [6.07, 6.45) is 3.31. The maximum absolute atomic E-state index is 11.6. The minimum absolute atomic E-state index is 0.0370. The van der Waals surface area contributed by atoms with Gasteiger partial charge in [0, 0.05) is 13.1 Å². The Kier molecular flexibility index (Phi) is 4.02. The zero-order valence-corrected chi connectivity index (χ0v) is 10.6. The number of nitrogen functional groups attached to an aromatic ring is 1. The van der Waals surface area contributed by atoms with Crippen LogP contribution < -0.4 is 10.6 Å². The standard InChI is InChI=1S/C13H19N3O2/c1-2-18-13(17)10-5-7-16(8-6-10)12-4-3-11(14)9-15-12/h3-4,9-10H,2,5-8,14H2,1H3. The molecule has 0 amide bonds. The van der Waals surface area contributed by atoms with Crippen LogP contribution in [0.15, 0.2) is 18.3 Å². The van der Waals surface area contributed by atoms with Gasteiger partial charge in [-0.1, -0.05) is 0 Å². The van der Waals surface area contributed by atoms with Gasteiger partial charge in [-0.15, -0.1) is 0 Å². The maximum Gasteiger partial charge on any atom is 0.309 e. The van der Waals surface area contributed by atoms with E-state index in [1.165, 1.54) is 0 Å². The third-order valence-corrected chi connectivity index (χ3v) is 3.21. The SMILES string of the molecule is CCOC(=O)C1CCN(c2ccc(N)cn2)CC1. The van der Waals surface area contributed by atoms with E-state index < -0.39 is 0 Å². The van der Waals surface area contributed by atoms with Crippen molar-refractivity contribution in [3.63, 3.8) is 0 Å². The molecule has 0 spiro atoms. The highest BCUT2D eigenvalue weighted by Gasteiger charge is 2.26. The smallest absolute Gasteiger partial charge is 0.309 e. The normalized spacial score (nSPS) is 16.6. The van der Waals surface area contributed by atoms with Crippen LogP contribution in [0.5, 0.6) is 0 Å². The highest BCUT2D eigenvalue weighted by atomic mass is 16.5.